The predicted molar refractivity (Wildman–Crippen MR) is 97.5 cm³/mol. The van der Waals surface area contributed by atoms with Crippen LogP contribution in [0.2, 0.25) is 5.02 Å². The van der Waals surface area contributed by atoms with Gasteiger partial charge in [0.1, 0.15) is 5.70 Å². The largest absolute Gasteiger partial charge is 0.327 e. The Bertz CT molecular complexity index is 892. The molecule has 0 radical (unpaired) electrons. The van der Waals surface area contributed by atoms with Crippen LogP contribution in [-0.4, -0.2) is 21.8 Å². The number of carbonyl (C=O) groups is 2. The number of rotatable bonds is 2. The van der Waals surface area contributed by atoms with Gasteiger partial charge in [-0.3, -0.25) is 9.59 Å². The van der Waals surface area contributed by atoms with Crippen LogP contribution in [0.5, 0.6) is 0 Å². The number of carbonyl (C=O) groups excluding carboxylic acids is 2. The van der Waals surface area contributed by atoms with Gasteiger partial charge in [0.2, 0.25) is 0 Å². The molecule has 2 aromatic carbocycles. The molecule has 24 heavy (non-hydrogen) atoms. The molecule has 1 aliphatic rings. The number of halogens is 1. The second-order valence-corrected chi connectivity index (χ2v) is 6.12. The van der Waals surface area contributed by atoms with Gasteiger partial charge in [0.25, 0.3) is 11.8 Å². The molecule has 0 saturated carbocycles. The zero-order valence-corrected chi connectivity index (χ0v) is 14.3. The molecular formula is C18H13ClN2O2S. The molecule has 2 aromatic rings. The van der Waals surface area contributed by atoms with Gasteiger partial charge in [-0.2, -0.15) is 0 Å². The Morgan fingerprint density at radius 3 is 2.67 bits per heavy atom. The normalized spacial score (nSPS) is 15.8. The first-order chi connectivity index (χ1) is 11.5. The molecule has 1 heterocycles. The first-order valence-electron chi connectivity index (χ1n) is 7.20. The van der Waals surface area contributed by atoms with E-state index in [9.17, 15) is 9.59 Å². The van der Waals surface area contributed by atoms with Crippen LogP contribution in [0.25, 0.3) is 6.08 Å². The Morgan fingerprint density at radius 2 is 1.96 bits per heavy atom. The van der Waals surface area contributed by atoms with Gasteiger partial charge in [0, 0.05) is 0 Å². The number of hydrogen-bond acceptors (Lipinski definition) is 3. The zero-order valence-electron chi connectivity index (χ0n) is 12.7. The fourth-order valence-corrected chi connectivity index (χ4v) is 2.89. The second kappa shape index (κ2) is 6.55. The van der Waals surface area contributed by atoms with Crippen molar-refractivity contribution < 1.29 is 9.59 Å². The standard InChI is InChI=1S/C18H13ClN2O2S/c1-11-5-4-6-12(9-11)10-15-17(23)21(18(24)20-15)16(22)13-7-2-3-8-14(13)19/h2-10H,1H3,(H,20,24)/b15-10-. The van der Waals surface area contributed by atoms with E-state index in [1.165, 1.54) is 0 Å². The van der Waals surface area contributed by atoms with E-state index in [4.69, 9.17) is 23.8 Å². The highest BCUT2D eigenvalue weighted by molar-refractivity contribution is 7.80. The first-order valence-corrected chi connectivity index (χ1v) is 7.98. The Hall–Kier alpha value is -2.50. The first kappa shape index (κ1) is 16.4. The van der Waals surface area contributed by atoms with Crippen molar-refractivity contribution >= 4 is 46.8 Å². The van der Waals surface area contributed by atoms with E-state index >= 15 is 0 Å². The monoisotopic (exact) mass is 356 g/mol. The number of aryl methyl sites for hydroxylation is 1. The topological polar surface area (TPSA) is 49.4 Å². The molecule has 0 bridgehead atoms. The highest BCUT2D eigenvalue weighted by Gasteiger charge is 2.36. The van der Waals surface area contributed by atoms with Gasteiger partial charge < -0.3 is 5.32 Å². The molecule has 0 aliphatic carbocycles. The predicted octanol–water partition coefficient (Wildman–Crippen LogP) is 3.55. The van der Waals surface area contributed by atoms with Crippen LogP contribution < -0.4 is 5.32 Å². The maximum Gasteiger partial charge on any atom is 0.283 e. The smallest absolute Gasteiger partial charge is 0.283 e. The van der Waals surface area contributed by atoms with E-state index in [2.05, 4.69) is 5.32 Å². The van der Waals surface area contributed by atoms with Crippen molar-refractivity contribution in [3.63, 3.8) is 0 Å². The lowest BCUT2D eigenvalue weighted by Crippen LogP contribution is -2.36. The van der Waals surface area contributed by atoms with Crippen LogP contribution in [0, 0.1) is 6.92 Å². The van der Waals surface area contributed by atoms with Crippen molar-refractivity contribution in [1.82, 2.24) is 10.2 Å². The van der Waals surface area contributed by atoms with E-state index in [-0.39, 0.29) is 21.4 Å². The molecule has 3 rings (SSSR count). The Morgan fingerprint density at radius 1 is 1.21 bits per heavy atom. The lowest BCUT2D eigenvalue weighted by Gasteiger charge is -2.12. The van der Waals surface area contributed by atoms with Gasteiger partial charge in [0.05, 0.1) is 10.6 Å². The number of benzene rings is 2. The quantitative estimate of drug-likeness (QED) is 0.508. The van der Waals surface area contributed by atoms with Gasteiger partial charge in [-0.15, -0.1) is 0 Å². The molecule has 0 spiro atoms. The average Bonchev–Trinajstić information content (AvgIpc) is 2.81. The molecule has 6 heteroatoms. The molecule has 0 unspecified atom stereocenters. The maximum atomic E-state index is 12.6. The second-order valence-electron chi connectivity index (χ2n) is 5.33. The molecule has 1 aliphatic heterocycles. The van der Waals surface area contributed by atoms with Crippen molar-refractivity contribution in [1.29, 1.82) is 0 Å². The maximum absolute atomic E-state index is 12.6. The lowest BCUT2D eigenvalue weighted by atomic mass is 10.1. The number of thiocarbonyl (C=S) groups is 1. The van der Waals surface area contributed by atoms with E-state index in [1.54, 1.807) is 30.3 Å². The summed E-state index contributed by atoms with van der Waals surface area (Å²) in [6.07, 6.45) is 1.67. The van der Waals surface area contributed by atoms with Crippen molar-refractivity contribution in [3.05, 3.63) is 75.9 Å². The summed E-state index contributed by atoms with van der Waals surface area (Å²) in [7, 11) is 0. The van der Waals surface area contributed by atoms with Crippen molar-refractivity contribution in [2.45, 2.75) is 6.92 Å². The van der Waals surface area contributed by atoms with Crippen LogP contribution in [0.1, 0.15) is 21.5 Å². The summed E-state index contributed by atoms with van der Waals surface area (Å²) < 4.78 is 0. The number of hydrogen-bond donors (Lipinski definition) is 1. The van der Waals surface area contributed by atoms with Gasteiger partial charge in [0.15, 0.2) is 5.11 Å². The fourth-order valence-electron chi connectivity index (χ4n) is 2.40. The van der Waals surface area contributed by atoms with E-state index < -0.39 is 11.8 Å². The number of amides is 2. The van der Waals surface area contributed by atoms with Gasteiger partial charge in [-0.25, -0.2) is 4.90 Å². The average molecular weight is 357 g/mol. The fraction of sp³-hybridized carbons (Fsp3) is 0.0556. The number of nitrogens with zero attached hydrogens (tertiary/aromatic N) is 1. The molecule has 1 saturated heterocycles. The third-order valence-electron chi connectivity index (χ3n) is 3.54. The Kier molecular flexibility index (Phi) is 4.46. The summed E-state index contributed by atoms with van der Waals surface area (Å²) in [5.41, 5.74) is 2.40. The number of imide groups is 1. The van der Waals surface area contributed by atoms with Crippen LogP contribution in [-0.2, 0) is 4.79 Å². The highest BCUT2D eigenvalue weighted by Crippen LogP contribution is 2.21. The molecule has 1 N–H and O–H groups in total. The molecule has 120 valence electrons. The van der Waals surface area contributed by atoms with Crippen LogP contribution in [0.3, 0.4) is 0 Å². The van der Waals surface area contributed by atoms with E-state index in [0.717, 1.165) is 16.0 Å². The summed E-state index contributed by atoms with van der Waals surface area (Å²) in [5.74, 6) is -1.04. The van der Waals surface area contributed by atoms with E-state index in [0.29, 0.717) is 0 Å². The van der Waals surface area contributed by atoms with E-state index in [1.807, 2.05) is 31.2 Å². The van der Waals surface area contributed by atoms with Gasteiger partial charge >= 0.3 is 0 Å². The van der Waals surface area contributed by atoms with Crippen molar-refractivity contribution in [2.75, 3.05) is 0 Å². The minimum absolute atomic E-state index is 0.0452. The van der Waals surface area contributed by atoms with Crippen LogP contribution >= 0.6 is 23.8 Å². The summed E-state index contributed by atoms with van der Waals surface area (Å²) >= 11 is 11.2. The zero-order chi connectivity index (χ0) is 17.3. The summed E-state index contributed by atoms with van der Waals surface area (Å²) in [6.45, 7) is 1.96. The Balaban J connectivity index is 1.92. The van der Waals surface area contributed by atoms with Gasteiger partial charge in [-0.05, 0) is 42.9 Å². The summed E-state index contributed by atoms with van der Waals surface area (Å²) in [4.78, 5) is 26.1. The summed E-state index contributed by atoms with van der Waals surface area (Å²) in [6, 6.07) is 14.2. The molecular weight excluding hydrogens is 344 g/mol. The third kappa shape index (κ3) is 3.09. The minimum atomic E-state index is -0.546. The minimum Gasteiger partial charge on any atom is -0.327 e. The lowest BCUT2D eigenvalue weighted by molar-refractivity contribution is -0.120. The molecule has 1 fully saturated rings. The van der Waals surface area contributed by atoms with Crippen LogP contribution in [0.4, 0.5) is 0 Å². The molecule has 2 amide bonds. The number of nitrogens with one attached hydrogen (secondary N) is 1. The molecule has 0 aromatic heterocycles. The summed E-state index contributed by atoms with van der Waals surface area (Å²) in [5, 5.41) is 3.11. The highest BCUT2D eigenvalue weighted by atomic mass is 35.5. The molecule has 4 nitrogen and oxygen atoms in total. The third-order valence-corrected chi connectivity index (χ3v) is 4.15. The SMILES string of the molecule is Cc1cccc(/C=C2\NC(=S)N(C(=O)c3ccccc3Cl)C2=O)c1. The van der Waals surface area contributed by atoms with Crippen LogP contribution in [0.15, 0.2) is 54.2 Å². The Labute approximate surface area is 149 Å². The van der Waals surface area contributed by atoms with Crippen molar-refractivity contribution in [2.24, 2.45) is 0 Å². The van der Waals surface area contributed by atoms with Crippen molar-refractivity contribution in [3.8, 4) is 0 Å². The van der Waals surface area contributed by atoms with Gasteiger partial charge in [-0.1, -0.05) is 53.6 Å². The molecule has 0 atom stereocenters.